The summed E-state index contributed by atoms with van der Waals surface area (Å²) in [6.07, 6.45) is -14.3. The van der Waals surface area contributed by atoms with Gasteiger partial charge < -0.3 is 120 Å². The maximum Gasteiger partial charge on any atom is 0.408 e. The highest BCUT2D eigenvalue weighted by Crippen LogP contribution is 2.15. The second-order valence-electron chi connectivity index (χ2n) is 25.8. The highest BCUT2D eigenvalue weighted by molar-refractivity contribution is 6.02. The molecular weight excluding hydrogens is 1640 g/mol. The Kier molecular flexibility index (Phi) is 52.9. The van der Waals surface area contributed by atoms with Gasteiger partial charge in [-0.05, 0) is 86.1 Å². The van der Waals surface area contributed by atoms with Gasteiger partial charge in [-0.3, -0.25) is 101 Å². The number of ether oxygens (including phenoxy) is 13. The molecule has 0 heterocycles. The van der Waals surface area contributed by atoms with Crippen molar-refractivity contribution >= 4 is 137 Å². The molecule has 11 amide bonds. The average Bonchev–Trinajstić information content (AvgIpc) is 0.853. The van der Waals surface area contributed by atoms with Crippen LogP contribution >= 0.6 is 0 Å². The van der Waals surface area contributed by atoms with Gasteiger partial charge in [0.1, 0.15) is 73.1 Å². The fourth-order valence-electron chi connectivity index (χ4n) is 10.6. The zero-order chi connectivity index (χ0) is 92.7. The lowest BCUT2D eigenvalue weighted by Gasteiger charge is -2.28. The summed E-state index contributed by atoms with van der Waals surface area (Å²) in [7, 11) is 4.41. The Balaban J connectivity index is 4.10. The quantitative estimate of drug-likeness (QED) is 0.0220. The van der Waals surface area contributed by atoms with Crippen molar-refractivity contribution < 1.29 is 172 Å². The van der Waals surface area contributed by atoms with E-state index in [9.17, 15) is 110 Å². The molecule has 0 aliphatic heterocycles. The fourth-order valence-corrected chi connectivity index (χ4v) is 10.6. The second-order valence-corrected chi connectivity index (χ2v) is 25.8. The molecule has 11 unspecified atom stereocenters. The molecule has 0 radical (unpaired) electrons. The molecule has 0 aliphatic rings. The van der Waals surface area contributed by atoms with Crippen molar-refractivity contribution in [2.24, 2.45) is 0 Å². The molecular formula is C76H111N11O36. The van der Waals surface area contributed by atoms with E-state index in [1.807, 2.05) is 0 Å². The number of amides is 11. The summed E-state index contributed by atoms with van der Waals surface area (Å²) in [5.41, 5.74) is 0.517. The number of carbonyl (C=O) groups is 23. The van der Waals surface area contributed by atoms with E-state index >= 15 is 0 Å². The maximum atomic E-state index is 14.8. The van der Waals surface area contributed by atoms with Gasteiger partial charge in [0.05, 0.1) is 120 Å². The van der Waals surface area contributed by atoms with Crippen LogP contribution in [0.3, 0.4) is 0 Å². The van der Waals surface area contributed by atoms with Crippen LogP contribution in [-0.4, -0.2) is 285 Å². The number of rotatable bonds is 58. The second kappa shape index (κ2) is 60.3. The van der Waals surface area contributed by atoms with Crippen molar-refractivity contribution in [2.45, 2.75) is 224 Å². The summed E-state index contributed by atoms with van der Waals surface area (Å²) in [5.74, 6) is -26.9. The topological polar surface area (TPSA) is 645 Å². The molecule has 0 spiro atoms. The summed E-state index contributed by atoms with van der Waals surface area (Å²) < 4.78 is 63.9. The molecule has 0 saturated carbocycles. The van der Waals surface area contributed by atoms with Gasteiger partial charge in [-0.25, -0.2) is 9.59 Å². The van der Waals surface area contributed by atoms with Crippen LogP contribution in [0.2, 0.25) is 0 Å². The first kappa shape index (κ1) is 108. The van der Waals surface area contributed by atoms with Crippen LogP contribution in [0.4, 0.5) is 4.79 Å². The summed E-state index contributed by atoms with van der Waals surface area (Å²) in [4.78, 5) is 313. The van der Waals surface area contributed by atoms with Gasteiger partial charge in [0.25, 0.3) is 0 Å². The number of esters is 12. The summed E-state index contributed by atoms with van der Waals surface area (Å²) in [5, 5.41) is 24.4. The number of methoxy groups -OCH3 is 5. The van der Waals surface area contributed by atoms with Crippen LogP contribution in [0.25, 0.3) is 0 Å². The molecule has 0 fully saturated rings. The van der Waals surface area contributed by atoms with E-state index in [1.165, 1.54) is 48.5 Å². The number of carbonyl (C=O) groups excluding carboxylic acids is 23. The molecule has 0 aromatic heterocycles. The zero-order valence-electron chi connectivity index (χ0n) is 70.4. The van der Waals surface area contributed by atoms with Gasteiger partial charge in [-0.15, -0.1) is 0 Å². The number of alkyl carbamates (subject to hydrolysis) is 1. The Labute approximate surface area is 706 Å². The zero-order valence-corrected chi connectivity index (χ0v) is 70.4. The molecule has 123 heavy (non-hydrogen) atoms. The van der Waals surface area contributed by atoms with Crippen molar-refractivity contribution in [3.8, 4) is 0 Å². The third-order valence-electron chi connectivity index (χ3n) is 16.8. The van der Waals surface area contributed by atoms with Crippen LogP contribution < -0.4 is 58.5 Å². The van der Waals surface area contributed by atoms with Crippen molar-refractivity contribution in [2.75, 3.05) is 81.8 Å². The van der Waals surface area contributed by atoms with Crippen molar-refractivity contribution in [3.63, 3.8) is 0 Å². The van der Waals surface area contributed by atoms with E-state index in [4.69, 9.17) is 61.6 Å². The van der Waals surface area contributed by atoms with Gasteiger partial charge >= 0.3 is 77.7 Å². The predicted molar refractivity (Wildman–Crippen MR) is 413 cm³/mol. The Morgan fingerprint density at radius 3 is 0.650 bits per heavy atom. The largest absolute Gasteiger partial charge is 0.469 e. The fraction of sp³-hybridized carbons (Fsp3) is 0.618. The molecule has 1 aromatic rings. The SMILES string of the molecule is CCOC(=O)CCC(NC(=O)C(CC(=O)OC)NC(=O)OCc1ccccc1)C(=O)NC(CC(=O)OC)C(=O)NC(CCC(=O)OCC)C(=O)NC(CC(=O)OC)C(=O)NC(CCC(=O)OCC)C(=O)NC(CC(=O)OC)C(=O)NC(CCC(=O)OCC)C(=O)NC(CC(=O)OC)C(=O)NC(CCC(=O)OCC)C(=O)NC(CC(=O)OCC)C(=O)OCC. The van der Waals surface area contributed by atoms with Crippen molar-refractivity contribution in [1.29, 1.82) is 0 Å². The smallest absolute Gasteiger partial charge is 0.408 e. The molecule has 686 valence electrons. The molecule has 11 atom stereocenters. The van der Waals surface area contributed by atoms with Gasteiger partial charge in [0.2, 0.25) is 59.1 Å². The molecule has 1 rings (SSSR count). The Morgan fingerprint density at radius 1 is 0.228 bits per heavy atom. The highest BCUT2D eigenvalue weighted by atomic mass is 16.6. The predicted octanol–water partition coefficient (Wildman–Crippen LogP) is -3.82. The lowest BCUT2D eigenvalue weighted by Crippen LogP contribution is -2.61. The monoisotopic (exact) mass is 1750 g/mol. The first-order chi connectivity index (χ1) is 58.4. The Hall–Kier alpha value is -13.2. The van der Waals surface area contributed by atoms with Crippen LogP contribution in [0.15, 0.2) is 30.3 Å². The number of benzene rings is 1. The lowest BCUT2D eigenvalue weighted by atomic mass is 10.0. The average molecular weight is 1750 g/mol. The van der Waals surface area contributed by atoms with Crippen LogP contribution in [-0.2, 0) is 174 Å². The molecule has 47 heteroatoms. The molecule has 47 nitrogen and oxygen atoms in total. The number of hydrogen-bond acceptors (Lipinski definition) is 36. The van der Waals surface area contributed by atoms with Crippen LogP contribution in [0.5, 0.6) is 0 Å². The lowest BCUT2D eigenvalue weighted by molar-refractivity contribution is -0.153. The summed E-state index contributed by atoms with van der Waals surface area (Å²) in [6.45, 7) is 8.38. The number of hydrogen-bond donors (Lipinski definition) is 11. The minimum Gasteiger partial charge on any atom is -0.469 e. The minimum atomic E-state index is -2.24. The molecule has 0 bridgehead atoms. The van der Waals surface area contributed by atoms with Gasteiger partial charge in [0, 0.05) is 32.1 Å². The van der Waals surface area contributed by atoms with Crippen molar-refractivity contribution in [3.05, 3.63) is 35.9 Å². The number of nitrogens with one attached hydrogen (secondary N) is 11. The van der Waals surface area contributed by atoms with E-state index in [2.05, 4.69) is 58.5 Å². The van der Waals surface area contributed by atoms with Crippen LogP contribution in [0.1, 0.15) is 157 Å². The molecule has 0 saturated heterocycles. The maximum absolute atomic E-state index is 14.8. The van der Waals surface area contributed by atoms with E-state index in [1.54, 1.807) is 30.3 Å². The minimum absolute atomic E-state index is 0.132. The van der Waals surface area contributed by atoms with Crippen LogP contribution in [0, 0.1) is 0 Å². The van der Waals surface area contributed by atoms with Gasteiger partial charge in [-0.1, -0.05) is 30.3 Å². The first-order valence-corrected chi connectivity index (χ1v) is 38.9. The Morgan fingerprint density at radius 2 is 0.423 bits per heavy atom. The third kappa shape index (κ3) is 44.1. The normalized spacial score (nSPS) is 13.2. The van der Waals surface area contributed by atoms with E-state index < -0.39 is 306 Å². The van der Waals surface area contributed by atoms with E-state index in [0.717, 1.165) is 35.5 Å². The van der Waals surface area contributed by atoms with E-state index in [-0.39, 0.29) is 52.9 Å². The molecule has 0 aliphatic carbocycles. The highest BCUT2D eigenvalue weighted by Gasteiger charge is 2.40. The summed E-state index contributed by atoms with van der Waals surface area (Å²) >= 11 is 0. The van der Waals surface area contributed by atoms with E-state index in [0.29, 0.717) is 5.56 Å². The first-order valence-electron chi connectivity index (χ1n) is 38.9. The molecule has 1 aromatic carbocycles. The third-order valence-corrected chi connectivity index (χ3v) is 16.8. The van der Waals surface area contributed by atoms with Crippen molar-refractivity contribution in [1.82, 2.24) is 58.5 Å². The standard InChI is InChI=1S/C76H111N11O36/c1-13-116-54(88)30-25-43(65(99)82-49(36-60(94)112-9)71(105)78-45(27-32-56(90)118-15-3)67(101)84-51(38-62(96)114-11)73(107)80-47(29-34-58(92)120-17-5)69(103)86-53(75(109)122-19-7)40-64(98)121-18-6)77-70(104)48(35-59(93)111-8)83-66(100)44(26-31-55(89)117-14-2)79-72(106)50(37-61(95)113-10)85-68(102)46(28-33-57(91)119-16-4)81-74(108)52(39-63(97)115-12)87-76(110)123-41-42-23-21-20-22-24-42/h20-24,43-53H,13-19,25-41H2,1-12H3,(H,77,104)(H,78,105)(H,79,106)(H,80,107)(H,81,108)(H,82,99)(H,83,100)(H,84,101)(H,85,102)(H,86,103)(H,87,110). The van der Waals surface area contributed by atoms with Gasteiger partial charge in [-0.2, -0.15) is 0 Å². The molecule has 11 N–H and O–H groups in total. The summed E-state index contributed by atoms with van der Waals surface area (Å²) in [6, 6.07) is -14.2. The Bertz CT molecular complexity index is 3790. The van der Waals surface area contributed by atoms with Gasteiger partial charge in [0.15, 0.2) is 0 Å².